The van der Waals surface area contributed by atoms with Gasteiger partial charge < -0.3 is 26.5 Å². The minimum atomic E-state index is -1.09. The molecule has 0 saturated carbocycles. The van der Waals surface area contributed by atoms with Gasteiger partial charge in [0.1, 0.15) is 11.7 Å². The van der Waals surface area contributed by atoms with Crippen LogP contribution in [0.2, 0.25) is 0 Å². The summed E-state index contributed by atoms with van der Waals surface area (Å²) in [6.07, 6.45) is 0.294. The molecule has 4 rings (SSSR count). The number of imidazole rings is 1. The molecule has 1 heterocycles. The SMILES string of the molecule is Cc1nc2ccc(C(NC(=O)O)C(CCc3ccc(C(=N)N)cc3)Nc3ccccc3)cc2[nH]1.Cl.Cl. The summed E-state index contributed by atoms with van der Waals surface area (Å²) in [6.45, 7) is 1.89. The van der Waals surface area contributed by atoms with Crippen LogP contribution in [-0.4, -0.2) is 33.0 Å². The first-order valence-electron chi connectivity index (χ1n) is 11.1. The van der Waals surface area contributed by atoms with Crippen molar-refractivity contribution in [1.82, 2.24) is 15.3 Å². The molecule has 0 aliphatic carbocycles. The molecule has 10 heteroatoms. The molecule has 1 aromatic heterocycles. The van der Waals surface area contributed by atoms with Crippen LogP contribution in [0.3, 0.4) is 0 Å². The molecule has 0 aliphatic rings. The van der Waals surface area contributed by atoms with Crippen molar-refractivity contribution in [2.75, 3.05) is 5.32 Å². The number of aromatic nitrogens is 2. The van der Waals surface area contributed by atoms with Crippen LogP contribution in [0.15, 0.2) is 72.8 Å². The average Bonchev–Trinajstić information content (AvgIpc) is 3.20. The lowest BCUT2D eigenvalue weighted by atomic mass is 9.93. The van der Waals surface area contributed by atoms with Crippen LogP contribution in [0.5, 0.6) is 0 Å². The second-order valence-electron chi connectivity index (χ2n) is 8.29. The predicted octanol–water partition coefficient (Wildman–Crippen LogP) is 5.42. The maximum Gasteiger partial charge on any atom is 0.405 e. The first-order chi connectivity index (χ1) is 16.4. The van der Waals surface area contributed by atoms with Crippen molar-refractivity contribution < 1.29 is 9.90 Å². The molecular weight excluding hydrogens is 499 g/mol. The maximum atomic E-state index is 11.8. The van der Waals surface area contributed by atoms with Crippen molar-refractivity contribution in [2.45, 2.75) is 31.8 Å². The van der Waals surface area contributed by atoms with Gasteiger partial charge in [-0.2, -0.15) is 0 Å². The van der Waals surface area contributed by atoms with E-state index >= 15 is 0 Å². The van der Waals surface area contributed by atoms with Gasteiger partial charge in [0.05, 0.1) is 23.1 Å². The van der Waals surface area contributed by atoms with Crippen molar-refractivity contribution >= 4 is 53.5 Å². The number of aromatic amines is 1. The number of anilines is 1. The number of nitrogen functional groups attached to an aromatic ring is 1. The van der Waals surface area contributed by atoms with E-state index in [-0.39, 0.29) is 36.7 Å². The average molecular weight is 529 g/mol. The molecule has 8 nitrogen and oxygen atoms in total. The highest BCUT2D eigenvalue weighted by atomic mass is 35.5. The van der Waals surface area contributed by atoms with E-state index in [0.717, 1.165) is 33.7 Å². The Morgan fingerprint density at radius 2 is 1.78 bits per heavy atom. The summed E-state index contributed by atoms with van der Waals surface area (Å²) < 4.78 is 0. The predicted molar refractivity (Wildman–Crippen MR) is 149 cm³/mol. The Kier molecular flexibility index (Phi) is 10.1. The summed E-state index contributed by atoms with van der Waals surface area (Å²) in [4.78, 5) is 19.5. The number of para-hydroxylation sites is 1. The quantitative estimate of drug-likeness (QED) is 0.127. The Morgan fingerprint density at radius 1 is 1.08 bits per heavy atom. The number of nitrogens with one attached hydrogen (secondary N) is 4. The molecule has 7 N–H and O–H groups in total. The number of fused-ring (bicyclic) bond motifs is 1. The van der Waals surface area contributed by atoms with Gasteiger partial charge in [0.25, 0.3) is 0 Å². The largest absolute Gasteiger partial charge is 0.465 e. The first kappa shape index (κ1) is 28.5. The molecule has 0 radical (unpaired) electrons. The van der Waals surface area contributed by atoms with E-state index in [0.29, 0.717) is 18.4 Å². The number of rotatable bonds is 9. The van der Waals surface area contributed by atoms with E-state index in [9.17, 15) is 9.90 Å². The number of nitrogens with zero attached hydrogens (tertiary/aromatic N) is 1. The Balaban J connectivity index is 0.00000228. The summed E-state index contributed by atoms with van der Waals surface area (Å²) in [7, 11) is 0. The number of benzene rings is 3. The van der Waals surface area contributed by atoms with Crippen molar-refractivity contribution in [3.63, 3.8) is 0 Å². The third-order valence-electron chi connectivity index (χ3n) is 5.80. The van der Waals surface area contributed by atoms with Crippen molar-refractivity contribution in [3.05, 3.63) is 95.3 Å². The highest BCUT2D eigenvalue weighted by Gasteiger charge is 2.26. The van der Waals surface area contributed by atoms with E-state index in [1.165, 1.54) is 0 Å². The van der Waals surface area contributed by atoms with Gasteiger partial charge in [-0.25, -0.2) is 9.78 Å². The van der Waals surface area contributed by atoms with E-state index in [4.69, 9.17) is 11.1 Å². The van der Waals surface area contributed by atoms with Crippen LogP contribution in [-0.2, 0) is 6.42 Å². The lowest BCUT2D eigenvalue weighted by Gasteiger charge is -2.29. The van der Waals surface area contributed by atoms with Crippen LogP contribution < -0.4 is 16.4 Å². The number of amidine groups is 1. The topological polar surface area (TPSA) is 140 Å². The smallest absolute Gasteiger partial charge is 0.405 e. The summed E-state index contributed by atoms with van der Waals surface area (Å²) in [5.74, 6) is 0.841. The third-order valence-corrected chi connectivity index (χ3v) is 5.80. The lowest BCUT2D eigenvalue weighted by molar-refractivity contribution is 0.188. The molecule has 0 spiro atoms. The minimum absolute atomic E-state index is 0. The molecule has 0 aliphatic heterocycles. The second-order valence-corrected chi connectivity index (χ2v) is 8.29. The molecule has 0 bridgehead atoms. The fourth-order valence-electron chi connectivity index (χ4n) is 4.14. The number of halogens is 2. The van der Waals surface area contributed by atoms with E-state index in [1.807, 2.05) is 79.7 Å². The Bertz CT molecular complexity index is 1300. The number of H-pyrrole nitrogens is 1. The Morgan fingerprint density at radius 3 is 2.42 bits per heavy atom. The molecule has 4 aromatic rings. The van der Waals surface area contributed by atoms with Crippen molar-refractivity contribution in [3.8, 4) is 0 Å². The Hall–Kier alpha value is -3.75. The van der Waals surface area contributed by atoms with Crippen molar-refractivity contribution in [1.29, 1.82) is 5.41 Å². The van der Waals surface area contributed by atoms with Gasteiger partial charge >= 0.3 is 6.09 Å². The number of hydrogen-bond acceptors (Lipinski definition) is 4. The number of carboxylic acid groups (broad SMARTS) is 1. The van der Waals surface area contributed by atoms with Gasteiger partial charge in [0, 0.05) is 11.3 Å². The van der Waals surface area contributed by atoms with Gasteiger partial charge in [-0.15, -0.1) is 24.8 Å². The zero-order valence-corrected chi connectivity index (χ0v) is 21.3. The van der Waals surface area contributed by atoms with Crippen LogP contribution in [0, 0.1) is 12.3 Å². The fourth-order valence-corrected chi connectivity index (χ4v) is 4.14. The molecule has 190 valence electrons. The number of nitrogens with two attached hydrogens (primary N) is 1. The van der Waals surface area contributed by atoms with Gasteiger partial charge in [0.2, 0.25) is 0 Å². The maximum absolute atomic E-state index is 11.8. The van der Waals surface area contributed by atoms with E-state index < -0.39 is 12.1 Å². The monoisotopic (exact) mass is 528 g/mol. The van der Waals surface area contributed by atoms with Crippen molar-refractivity contribution in [2.24, 2.45) is 5.73 Å². The summed E-state index contributed by atoms with van der Waals surface area (Å²) in [5, 5.41) is 23.5. The highest BCUT2D eigenvalue weighted by Crippen LogP contribution is 2.27. The number of hydrogen-bond donors (Lipinski definition) is 6. The molecule has 0 saturated heterocycles. The second kappa shape index (κ2) is 12.8. The summed E-state index contributed by atoms with van der Waals surface area (Å²) >= 11 is 0. The number of amides is 1. The molecular formula is C26H30Cl2N6O2. The molecule has 2 atom stereocenters. The van der Waals surface area contributed by atoms with E-state index in [1.54, 1.807) is 0 Å². The lowest BCUT2D eigenvalue weighted by Crippen LogP contribution is -2.40. The molecule has 2 unspecified atom stereocenters. The standard InChI is InChI=1S/C26H28N6O2.2ClH/c1-16-29-21-14-12-19(15-23(21)30-16)24(32-26(33)34)22(31-20-5-3-2-4-6-20)13-9-17-7-10-18(11-8-17)25(27)28;;/h2-8,10-12,14-15,22,24,31-32H,9,13H2,1H3,(H3,27,28)(H,29,30)(H,33,34);2*1H. The molecule has 1 amide bonds. The normalized spacial score (nSPS) is 12.0. The highest BCUT2D eigenvalue weighted by molar-refractivity contribution is 5.94. The zero-order valence-electron chi connectivity index (χ0n) is 19.7. The summed E-state index contributed by atoms with van der Waals surface area (Å²) in [5.41, 5.74) is 10.8. The third kappa shape index (κ3) is 7.13. The summed E-state index contributed by atoms with van der Waals surface area (Å²) in [6, 6.07) is 22.4. The van der Waals surface area contributed by atoms with E-state index in [2.05, 4.69) is 20.6 Å². The fraction of sp³-hybridized carbons (Fsp3) is 0.192. The van der Waals surface area contributed by atoms with Gasteiger partial charge in [-0.3, -0.25) is 5.41 Å². The molecule has 0 fully saturated rings. The van der Waals surface area contributed by atoms with Crippen LogP contribution >= 0.6 is 24.8 Å². The number of aryl methyl sites for hydroxylation is 2. The Labute approximate surface area is 222 Å². The van der Waals surface area contributed by atoms with Crippen LogP contribution in [0.1, 0.15) is 35.0 Å². The van der Waals surface area contributed by atoms with Gasteiger partial charge in [0.15, 0.2) is 0 Å². The van der Waals surface area contributed by atoms with Crippen LogP contribution in [0.25, 0.3) is 11.0 Å². The van der Waals surface area contributed by atoms with Gasteiger partial charge in [-0.05, 0) is 55.2 Å². The van der Waals surface area contributed by atoms with Crippen LogP contribution in [0.4, 0.5) is 10.5 Å². The van der Waals surface area contributed by atoms with Gasteiger partial charge in [-0.1, -0.05) is 48.5 Å². The zero-order chi connectivity index (χ0) is 24.1. The molecule has 3 aromatic carbocycles. The molecule has 36 heavy (non-hydrogen) atoms. The minimum Gasteiger partial charge on any atom is -0.465 e. The first-order valence-corrected chi connectivity index (χ1v) is 11.1. The number of carbonyl (C=O) groups is 1.